The van der Waals surface area contributed by atoms with Crippen LogP contribution in [0.3, 0.4) is 0 Å². The van der Waals surface area contributed by atoms with Crippen LogP contribution in [-0.4, -0.2) is 51.9 Å². The molecule has 0 spiro atoms. The molecule has 0 aliphatic rings. The van der Waals surface area contributed by atoms with Gasteiger partial charge < -0.3 is 14.6 Å². The first-order chi connectivity index (χ1) is 10.9. The van der Waals surface area contributed by atoms with E-state index in [-0.39, 0.29) is 5.92 Å². The lowest BCUT2D eigenvalue weighted by Crippen LogP contribution is -2.54. The van der Waals surface area contributed by atoms with Crippen molar-refractivity contribution in [2.45, 2.75) is 62.0 Å². The Morgan fingerprint density at radius 1 is 1.08 bits per heavy atom. The van der Waals surface area contributed by atoms with Gasteiger partial charge >= 0.3 is 18.3 Å². The summed E-state index contributed by atoms with van der Waals surface area (Å²) >= 11 is 1.85. The summed E-state index contributed by atoms with van der Waals surface area (Å²) in [6.45, 7) is 5.17. The topological polar surface area (TPSA) is 65.0 Å². The predicted molar refractivity (Wildman–Crippen MR) is 86.3 cm³/mol. The van der Waals surface area contributed by atoms with Gasteiger partial charge in [-0.3, -0.25) is 9.53 Å². The highest BCUT2D eigenvalue weighted by Gasteiger charge is 2.60. The molecule has 2 atom stereocenters. The summed E-state index contributed by atoms with van der Waals surface area (Å²) in [5, 5.41) is 10.1. The van der Waals surface area contributed by atoms with E-state index in [2.05, 4.69) is 4.74 Å². The molecule has 0 fully saturated rings. The molecule has 2 unspecified atom stereocenters. The number of carbonyl (C=O) groups is 1. The molecule has 0 rings (SSSR count). The van der Waals surface area contributed by atoms with E-state index in [0.717, 1.165) is 0 Å². The third-order valence-corrected chi connectivity index (χ3v) is 5.49. The van der Waals surface area contributed by atoms with Gasteiger partial charge in [-0.1, -0.05) is 36.4 Å². The van der Waals surface area contributed by atoms with Crippen LogP contribution in [0.15, 0.2) is 0 Å². The van der Waals surface area contributed by atoms with Crippen molar-refractivity contribution >= 4 is 28.6 Å². The smallest absolute Gasteiger partial charge is 0.462 e. The Kier molecular flexibility index (Phi) is 8.52. The van der Waals surface area contributed by atoms with Crippen molar-refractivity contribution in [3.63, 3.8) is 0 Å². The van der Waals surface area contributed by atoms with Crippen molar-refractivity contribution in [1.82, 2.24) is 0 Å². The molecule has 0 heterocycles. The van der Waals surface area contributed by atoms with Crippen molar-refractivity contribution in [1.29, 1.82) is 0 Å². The average Bonchev–Trinajstić information content (AvgIpc) is 2.41. The lowest BCUT2D eigenvalue weighted by Gasteiger charge is -2.39. The molecule has 11 heteroatoms. The maximum absolute atomic E-state index is 12.7. The van der Waals surface area contributed by atoms with Crippen LogP contribution < -0.4 is 0 Å². The van der Waals surface area contributed by atoms with Gasteiger partial charge in [0.15, 0.2) is 6.79 Å². The number of halogens is 6. The molecule has 0 aromatic carbocycles. The summed E-state index contributed by atoms with van der Waals surface area (Å²) in [5.74, 6) is -0.674. The monoisotopic (exact) mass is 492 g/mol. The fraction of sp³-hybridized carbons (Fsp3) is 0.929. The Balaban J connectivity index is 4.93. The number of alkyl halides is 6. The third-order valence-electron chi connectivity index (χ3n) is 3.54. The molecule has 25 heavy (non-hydrogen) atoms. The molecule has 0 saturated heterocycles. The minimum Gasteiger partial charge on any atom is -0.462 e. The van der Waals surface area contributed by atoms with Crippen LogP contribution in [0.5, 0.6) is 0 Å². The summed E-state index contributed by atoms with van der Waals surface area (Å²) in [5.41, 5.74) is -3.51. The first-order valence-corrected chi connectivity index (χ1v) is 8.45. The molecule has 0 bridgehead atoms. The number of ether oxygens (including phenoxy) is 3. The zero-order valence-electron chi connectivity index (χ0n) is 14.4. The average molecular weight is 492 g/mol. The second-order valence-electron chi connectivity index (χ2n) is 6.46. The molecule has 5 nitrogen and oxygen atoms in total. The number of rotatable bonds is 9. The molecule has 0 radical (unpaired) electrons. The molecule has 0 aliphatic carbocycles. The molecule has 0 aliphatic heterocycles. The zero-order valence-corrected chi connectivity index (χ0v) is 16.6. The fourth-order valence-electron chi connectivity index (χ4n) is 1.27. The van der Waals surface area contributed by atoms with Crippen LogP contribution in [0.2, 0.25) is 0 Å². The Morgan fingerprint density at radius 3 is 1.92 bits per heavy atom. The summed E-state index contributed by atoms with van der Waals surface area (Å²) in [4.78, 5) is 11.9. The summed E-state index contributed by atoms with van der Waals surface area (Å²) in [7, 11) is 0. The maximum Gasteiger partial charge on any atom is 0.483 e. The van der Waals surface area contributed by atoms with Crippen molar-refractivity contribution in [2.75, 3.05) is 13.4 Å². The van der Waals surface area contributed by atoms with Crippen LogP contribution in [0.1, 0.15) is 34.6 Å². The van der Waals surface area contributed by atoms with Gasteiger partial charge in [-0.2, -0.15) is 22.0 Å². The van der Waals surface area contributed by atoms with E-state index in [9.17, 15) is 31.9 Å². The van der Waals surface area contributed by atoms with Gasteiger partial charge in [-0.25, -0.2) is 0 Å². The number of hydrogen-bond acceptors (Lipinski definition) is 5. The van der Waals surface area contributed by atoms with E-state index in [4.69, 9.17) is 9.47 Å². The quantitative estimate of drug-likeness (QED) is 0.175. The van der Waals surface area contributed by atoms with Gasteiger partial charge in [0.25, 0.3) is 0 Å². The molecular weight excluding hydrogens is 470 g/mol. The van der Waals surface area contributed by atoms with Crippen LogP contribution in [0.4, 0.5) is 22.0 Å². The van der Waals surface area contributed by atoms with Gasteiger partial charge in [-0.15, -0.1) is 0 Å². The lowest BCUT2D eigenvalue weighted by molar-refractivity contribution is -0.413. The van der Waals surface area contributed by atoms with Gasteiger partial charge in [0.2, 0.25) is 0 Å². The SMILES string of the molecule is CC(C)C(I)C(=O)OCC(C)(OCOC(F)(F)C(F)(F)F)C(C)(C)O. The van der Waals surface area contributed by atoms with Crippen molar-refractivity contribution in [2.24, 2.45) is 5.92 Å². The molecule has 0 amide bonds. The maximum atomic E-state index is 12.7. The van der Waals surface area contributed by atoms with Gasteiger partial charge in [0.1, 0.15) is 16.1 Å². The molecule has 0 aromatic rings. The fourth-order valence-corrected chi connectivity index (χ4v) is 1.45. The van der Waals surface area contributed by atoms with Crippen LogP contribution >= 0.6 is 22.6 Å². The minimum atomic E-state index is -5.90. The highest BCUT2D eigenvalue weighted by molar-refractivity contribution is 14.1. The molecule has 150 valence electrons. The number of hydrogen-bond donors (Lipinski definition) is 1. The predicted octanol–water partition coefficient (Wildman–Crippen LogP) is 3.66. The second-order valence-corrected chi connectivity index (χ2v) is 7.81. The van der Waals surface area contributed by atoms with E-state index in [1.165, 1.54) is 20.8 Å². The third kappa shape index (κ3) is 7.10. The van der Waals surface area contributed by atoms with Gasteiger partial charge in [0.05, 0.1) is 5.60 Å². The van der Waals surface area contributed by atoms with Gasteiger partial charge in [0, 0.05) is 0 Å². The molecular formula is C14H22F5IO5. The highest BCUT2D eigenvalue weighted by atomic mass is 127. The van der Waals surface area contributed by atoms with Gasteiger partial charge in [-0.05, 0) is 26.7 Å². The van der Waals surface area contributed by atoms with E-state index in [1.807, 2.05) is 22.6 Å². The summed E-state index contributed by atoms with van der Waals surface area (Å²) < 4.78 is 74.5. The zero-order chi connectivity index (χ0) is 20.3. The Hall–Kier alpha value is -0.270. The van der Waals surface area contributed by atoms with E-state index >= 15 is 0 Å². The molecule has 0 aromatic heterocycles. The number of aliphatic hydroxyl groups is 1. The van der Waals surface area contributed by atoms with Crippen molar-refractivity contribution in [3.8, 4) is 0 Å². The Morgan fingerprint density at radius 2 is 1.56 bits per heavy atom. The Labute approximate surface area is 156 Å². The first-order valence-electron chi connectivity index (χ1n) is 7.20. The van der Waals surface area contributed by atoms with E-state index in [1.54, 1.807) is 13.8 Å². The first kappa shape index (κ1) is 24.7. The van der Waals surface area contributed by atoms with Crippen molar-refractivity contribution < 1.29 is 46.1 Å². The molecule has 0 saturated carbocycles. The van der Waals surface area contributed by atoms with E-state index < -0.39 is 46.8 Å². The summed E-state index contributed by atoms with van der Waals surface area (Å²) in [6, 6.07) is 0. The lowest BCUT2D eigenvalue weighted by atomic mass is 9.88. The largest absolute Gasteiger partial charge is 0.483 e. The number of carbonyl (C=O) groups excluding carboxylic acids is 1. The normalized spacial score (nSPS) is 17.3. The molecule has 1 N–H and O–H groups in total. The summed E-state index contributed by atoms with van der Waals surface area (Å²) in [6.07, 6.45) is -11.3. The van der Waals surface area contributed by atoms with E-state index in [0.29, 0.717) is 0 Å². The Bertz CT molecular complexity index is 450. The number of esters is 1. The van der Waals surface area contributed by atoms with Crippen molar-refractivity contribution in [3.05, 3.63) is 0 Å². The second kappa shape index (κ2) is 8.61. The van der Waals surface area contributed by atoms with Crippen LogP contribution in [0, 0.1) is 5.92 Å². The van der Waals surface area contributed by atoms with Crippen LogP contribution in [-0.2, 0) is 19.0 Å². The minimum absolute atomic E-state index is 0.0452. The van der Waals surface area contributed by atoms with Crippen LogP contribution in [0.25, 0.3) is 0 Å². The highest BCUT2D eigenvalue weighted by Crippen LogP contribution is 2.37. The standard InChI is InChI=1S/C14H22F5IO5/c1-8(2)9(20)10(21)23-6-12(5,11(3,4)22)24-7-25-14(18,19)13(15,16)17/h8-9,22H,6-7H2,1-5H3.